The summed E-state index contributed by atoms with van der Waals surface area (Å²) in [4.78, 5) is 23.6. The zero-order valence-corrected chi connectivity index (χ0v) is 11.6. The molecule has 21 heavy (non-hydrogen) atoms. The maximum atomic E-state index is 12.9. The van der Waals surface area contributed by atoms with Gasteiger partial charge < -0.3 is 15.6 Å². The zero-order chi connectivity index (χ0) is 15.4. The molecule has 0 radical (unpaired) electrons. The van der Waals surface area contributed by atoms with E-state index in [1.165, 1.54) is 16.7 Å². The number of amides is 1. The van der Waals surface area contributed by atoms with Gasteiger partial charge in [0.05, 0.1) is 11.4 Å². The first-order chi connectivity index (χ1) is 9.97. The predicted molar refractivity (Wildman–Crippen MR) is 79.5 cm³/mol. The van der Waals surface area contributed by atoms with Crippen molar-refractivity contribution < 1.29 is 9.18 Å². The zero-order valence-electron chi connectivity index (χ0n) is 11.6. The van der Waals surface area contributed by atoms with Gasteiger partial charge in [-0.25, -0.2) is 4.39 Å². The molecule has 110 valence electrons. The normalized spacial score (nSPS) is 10.4. The minimum Gasteiger partial charge on any atom is -0.397 e. The highest BCUT2D eigenvalue weighted by molar-refractivity contribution is 5.93. The molecule has 0 aliphatic rings. The molecule has 0 saturated heterocycles. The van der Waals surface area contributed by atoms with Crippen molar-refractivity contribution in [2.24, 2.45) is 0 Å². The second-order valence-electron chi connectivity index (χ2n) is 4.72. The number of hydrogen-bond donors (Lipinski definition) is 2. The number of aromatic nitrogens is 1. The van der Waals surface area contributed by atoms with Crippen LogP contribution in [0.3, 0.4) is 0 Å². The quantitative estimate of drug-likeness (QED) is 0.844. The molecule has 1 aromatic carbocycles. The van der Waals surface area contributed by atoms with Crippen LogP contribution in [-0.2, 0) is 11.3 Å². The van der Waals surface area contributed by atoms with Crippen LogP contribution < -0.4 is 16.6 Å². The van der Waals surface area contributed by atoms with E-state index in [1.54, 1.807) is 25.3 Å². The summed E-state index contributed by atoms with van der Waals surface area (Å²) in [6.45, 7) is 1.99. The van der Waals surface area contributed by atoms with E-state index in [4.69, 9.17) is 5.73 Å². The van der Waals surface area contributed by atoms with Crippen molar-refractivity contribution >= 4 is 17.3 Å². The maximum Gasteiger partial charge on any atom is 0.253 e. The van der Waals surface area contributed by atoms with Crippen LogP contribution in [0.5, 0.6) is 0 Å². The van der Waals surface area contributed by atoms with Gasteiger partial charge in [-0.15, -0.1) is 0 Å². The third kappa shape index (κ3) is 3.68. The van der Waals surface area contributed by atoms with Crippen LogP contribution in [-0.4, -0.2) is 10.5 Å². The van der Waals surface area contributed by atoms with E-state index in [9.17, 15) is 14.0 Å². The number of anilines is 2. The minimum atomic E-state index is -0.461. The lowest BCUT2D eigenvalue weighted by Crippen LogP contribution is -2.24. The molecule has 1 amide bonds. The Kier molecular flexibility index (Phi) is 4.37. The molecule has 0 aliphatic carbocycles. The van der Waals surface area contributed by atoms with Gasteiger partial charge in [-0.1, -0.05) is 6.07 Å². The summed E-state index contributed by atoms with van der Waals surface area (Å²) in [5, 5.41) is 2.60. The van der Waals surface area contributed by atoms with Crippen molar-refractivity contribution in [1.82, 2.24) is 4.57 Å². The monoisotopic (exact) mass is 289 g/mol. The molecule has 0 saturated carbocycles. The summed E-state index contributed by atoms with van der Waals surface area (Å²) in [6.07, 6.45) is 1.76. The summed E-state index contributed by atoms with van der Waals surface area (Å²) >= 11 is 0. The van der Waals surface area contributed by atoms with Crippen molar-refractivity contribution in [3.05, 3.63) is 58.3 Å². The molecule has 1 aromatic heterocycles. The van der Waals surface area contributed by atoms with E-state index < -0.39 is 5.82 Å². The van der Waals surface area contributed by atoms with Gasteiger partial charge in [0.1, 0.15) is 5.82 Å². The number of pyridine rings is 1. The van der Waals surface area contributed by atoms with Gasteiger partial charge in [-0.2, -0.15) is 0 Å². The van der Waals surface area contributed by atoms with Crippen LogP contribution in [0.1, 0.15) is 12.0 Å². The van der Waals surface area contributed by atoms with Crippen LogP contribution in [0.2, 0.25) is 0 Å². The molecule has 1 heterocycles. The van der Waals surface area contributed by atoms with Crippen LogP contribution in [0.4, 0.5) is 15.8 Å². The van der Waals surface area contributed by atoms with Crippen molar-refractivity contribution in [2.45, 2.75) is 19.9 Å². The molecule has 0 atom stereocenters. The first-order valence-corrected chi connectivity index (χ1v) is 6.48. The second-order valence-corrected chi connectivity index (χ2v) is 4.72. The van der Waals surface area contributed by atoms with E-state index >= 15 is 0 Å². The summed E-state index contributed by atoms with van der Waals surface area (Å²) in [7, 11) is 0. The Morgan fingerprint density at radius 3 is 2.86 bits per heavy atom. The largest absolute Gasteiger partial charge is 0.397 e. The molecule has 3 N–H and O–H groups in total. The molecule has 0 fully saturated rings. The lowest BCUT2D eigenvalue weighted by atomic mass is 10.2. The number of carbonyl (C=O) groups excluding carboxylic acids is 1. The number of hydrogen-bond acceptors (Lipinski definition) is 3. The smallest absolute Gasteiger partial charge is 0.253 e. The average molecular weight is 289 g/mol. The Morgan fingerprint density at radius 1 is 1.38 bits per heavy atom. The molecule has 2 aromatic rings. The van der Waals surface area contributed by atoms with Crippen LogP contribution in [0.25, 0.3) is 0 Å². The number of halogens is 1. The fourth-order valence-corrected chi connectivity index (χ4v) is 1.91. The lowest BCUT2D eigenvalue weighted by Gasteiger charge is -2.09. The first kappa shape index (κ1) is 14.8. The highest BCUT2D eigenvalue weighted by Gasteiger charge is 2.07. The van der Waals surface area contributed by atoms with Gasteiger partial charge >= 0.3 is 0 Å². The number of nitrogens with two attached hydrogens (primary N) is 1. The van der Waals surface area contributed by atoms with E-state index in [2.05, 4.69) is 5.32 Å². The number of nitrogens with one attached hydrogen (secondary N) is 1. The molecule has 0 bridgehead atoms. The van der Waals surface area contributed by atoms with Crippen LogP contribution in [0, 0.1) is 12.7 Å². The second kappa shape index (κ2) is 6.21. The number of benzene rings is 1. The van der Waals surface area contributed by atoms with E-state index in [-0.39, 0.29) is 30.1 Å². The van der Waals surface area contributed by atoms with Crippen LogP contribution >= 0.6 is 0 Å². The van der Waals surface area contributed by atoms with Gasteiger partial charge in [0, 0.05) is 24.7 Å². The molecule has 0 unspecified atom stereocenters. The number of nitrogen functional groups attached to an aromatic ring is 1. The molecular weight excluding hydrogens is 273 g/mol. The van der Waals surface area contributed by atoms with Crippen LogP contribution in [0.15, 0.2) is 41.3 Å². The third-order valence-corrected chi connectivity index (χ3v) is 3.08. The molecule has 2 rings (SSSR count). The molecule has 0 spiro atoms. The summed E-state index contributed by atoms with van der Waals surface area (Å²) in [6, 6.07) is 7.24. The SMILES string of the molecule is Cc1cccn(CCC(=O)Nc2ccc(F)cc2N)c1=O. The number of rotatable bonds is 4. The Bertz CT molecular complexity index is 725. The van der Waals surface area contributed by atoms with Crippen molar-refractivity contribution in [3.63, 3.8) is 0 Å². The van der Waals surface area contributed by atoms with Gasteiger partial charge in [0.2, 0.25) is 5.91 Å². The Balaban J connectivity index is 1.99. The Hall–Kier alpha value is -2.63. The standard InChI is InChI=1S/C15H16FN3O2/c1-10-3-2-7-19(15(10)21)8-6-14(20)18-13-5-4-11(16)9-12(13)17/h2-5,7,9H,6,8,17H2,1H3,(H,18,20). The minimum absolute atomic E-state index is 0.119. The van der Waals surface area contributed by atoms with Crippen molar-refractivity contribution in [2.75, 3.05) is 11.1 Å². The van der Waals surface area contributed by atoms with E-state index in [0.717, 1.165) is 6.07 Å². The third-order valence-electron chi connectivity index (χ3n) is 3.08. The van der Waals surface area contributed by atoms with Crippen molar-refractivity contribution in [3.8, 4) is 0 Å². The molecule has 5 nitrogen and oxygen atoms in total. The topological polar surface area (TPSA) is 77.1 Å². The predicted octanol–water partition coefficient (Wildman–Crippen LogP) is 1.91. The highest BCUT2D eigenvalue weighted by atomic mass is 19.1. The number of nitrogens with zero attached hydrogens (tertiary/aromatic N) is 1. The lowest BCUT2D eigenvalue weighted by molar-refractivity contribution is -0.116. The fraction of sp³-hybridized carbons (Fsp3) is 0.200. The average Bonchev–Trinajstić information content (AvgIpc) is 2.43. The molecular formula is C15H16FN3O2. The molecule has 6 heteroatoms. The van der Waals surface area contributed by atoms with Crippen molar-refractivity contribution in [1.29, 1.82) is 0 Å². The Morgan fingerprint density at radius 2 is 2.14 bits per heavy atom. The number of carbonyl (C=O) groups is 1. The van der Waals surface area contributed by atoms with Gasteiger partial charge in [0.15, 0.2) is 0 Å². The van der Waals surface area contributed by atoms with Gasteiger partial charge in [0.25, 0.3) is 5.56 Å². The van der Waals surface area contributed by atoms with E-state index in [1.807, 2.05) is 0 Å². The summed E-state index contributed by atoms with van der Waals surface area (Å²) in [5.74, 6) is -0.751. The summed E-state index contributed by atoms with van der Waals surface area (Å²) < 4.78 is 14.4. The summed E-state index contributed by atoms with van der Waals surface area (Å²) in [5.41, 5.74) is 6.64. The Labute approximate surface area is 121 Å². The van der Waals surface area contributed by atoms with E-state index in [0.29, 0.717) is 11.3 Å². The number of aryl methyl sites for hydroxylation is 2. The first-order valence-electron chi connectivity index (χ1n) is 6.48. The van der Waals surface area contributed by atoms with Gasteiger partial charge in [-0.05, 0) is 31.2 Å². The highest BCUT2D eigenvalue weighted by Crippen LogP contribution is 2.19. The fourth-order valence-electron chi connectivity index (χ4n) is 1.91. The van der Waals surface area contributed by atoms with Gasteiger partial charge in [-0.3, -0.25) is 9.59 Å². The maximum absolute atomic E-state index is 12.9. The molecule has 0 aliphatic heterocycles.